The van der Waals surface area contributed by atoms with Gasteiger partial charge in [0, 0.05) is 25.4 Å². The minimum absolute atomic E-state index is 0.0571. The Hall–Kier alpha value is -3.93. The molecule has 0 radical (unpaired) electrons. The molecule has 2 aromatic carbocycles. The molecule has 2 aliphatic rings. The first kappa shape index (κ1) is 40.8. The molecule has 284 valence electrons. The molecule has 5 atom stereocenters. The van der Waals surface area contributed by atoms with Crippen molar-refractivity contribution in [1.82, 2.24) is 20.9 Å². The third kappa shape index (κ3) is 13.2. The highest BCUT2D eigenvalue weighted by atomic mass is 16.6. The van der Waals surface area contributed by atoms with Gasteiger partial charge in [-0.05, 0) is 62.0 Å². The molecule has 2 fully saturated rings. The Morgan fingerprint density at radius 3 is 1.88 bits per heavy atom. The van der Waals surface area contributed by atoms with E-state index in [1.165, 1.54) is 0 Å². The largest absolute Gasteiger partial charge is 0.379 e. The summed E-state index contributed by atoms with van der Waals surface area (Å²) in [6, 6.07) is 16.7. The Bertz CT molecular complexity index is 1470. The molecule has 0 aliphatic carbocycles. The van der Waals surface area contributed by atoms with Crippen LogP contribution in [0.1, 0.15) is 71.4 Å². The highest BCUT2D eigenvalue weighted by Gasteiger charge is 2.50. The Labute approximate surface area is 309 Å². The molecule has 0 aromatic heterocycles. The zero-order chi connectivity index (χ0) is 37.7. The Balaban J connectivity index is 1.51. The number of carbonyl (C=O) groups excluding carboxylic acids is 5. The van der Waals surface area contributed by atoms with Gasteiger partial charge in [0.15, 0.2) is 11.6 Å². The fourth-order valence-corrected chi connectivity index (χ4v) is 6.59. The van der Waals surface area contributed by atoms with Gasteiger partial charge < -0.3 is 25.4 Å². The molecule has 3 amide bonds. The highest BCUT2D eigenvalue weighted by molar-refractivity contribution is 5.98. The molecule has 2 saturated heterocycles. The molecule has 4 rings (SSSR count). The van der Waals surface area contributed by atoms with Gasteiger partial charge in [-0.2, -0.15) is 0 Å². The van der Waals surface area contributed by atoms with Crippen molar-refractivity contribution in [3.63, 3.8) is 0 Å². The lowest BCUT2D eigenvalue weighted by Gasteiger charge is -2.28. The fourth-order valence-electron chi connectivity index (χ4n) is 6.59. The molecule has 0 spiro atoms. The van der Waals surface area contributed by atoms with E-state index >= 15 is 0 Å². The molecule has 2 aliphatic heterocycles. The van der Waals surface area contributed by atoms with Gasteiger partial charge in [-0.1, -0.05) is 88.4 Å². The summed E-state index contributed by atoms with van der Waals surface area (Å²) in [4.78, 5) is 70.7. The standard InChI is InChI=1S/C41H58N4O7/c1-28(2)22-34(43-40(50)33(17-16-30-12-8-6-9-13-30)42-37(47)26-45-18-20-51-21-19-45)36(46)25-32(24-31-14-10-7-11-15-31)39(49)44-35(23-29(3)4)38(48)41(5)27-52-41/h6-15,28-29,32-35H,16-27H2,1-5H3,(H,42,47)(H,43,50)(H,44,49)/t32-,33+,34+,35+,41-/m1/s1. The minimum atomic E-state index is -0.904. The van der Waals surface area contributed by atoms with Gasteiger partial charge in [0.2, 0.25) is 17.7 Å². The quantitative estimate of drug-likeness (QED) is 0.166. The van der Waals surface area contributed by atoms with Crippen molar-refractivity contribution in [2.24, 2.45) is 17.8 Å². The molecule has 0 bridgehead atoms. The van der Waals surface area contributed by atoms with Gasteiger partial charge in [-0.15, -0.1) is 0 Å². The molecule has 2 aromatic rings. The minimum Gasteiger partial charge on any atom is -0.379 e. The van der Waals surface area contributed by atoms with Crippen molar-refractivity contribution < 1.29 is 33.4 Å². The van der Waals surface area contributed by atoms with Crippen LogP contribution in [0.3, 0.4) is 0 Å². The van der Waals surface area contributed by atoms with Crippen LogP contribution >= 0.6 is 0 Å². The number of carbonyl (C=O) groups is 5. The summed E-state index contributed by atoms with van der Waals surface area (Å²) < 4.78 is 10.8. The molecule has 11 nitrogen and oxygen atoms in total. The monoisotopic (exact) mass is 718 g/mol. The number of hydrogen-bond donors (Lipinski definition) is 3. The lowest BCUT2D eigenvalue weighted by atomic mass is 9.87. The lowest BCUT2D eigenvalue weighted by molar-refractivity contribution is -0.135. The van der Waals surface area contributed by atoms with Crippen LogP contribution in [0.5, 0.6) is 0 Å². The van der Waals surface area contributed by atoms with E-state index in [9.17, 15) is 24.0 Å². The average molecular weight is 719 g/mol. The second-order valence-corrected chi connectivity index (χ2v) is 15.4. The van der Waals surface area contributed by atoms with E-state index in [0.29, 0.717) is 58.6 Å². The van der Waals surface area contributed by atoms with Gasteiger partial charge >= 0.3 is 0 Å². The number of nitrogens with one attached hydrogen (secondary N) is 3. The van der Waals surface area contributed by atoms with Gasteiger partial charge in [0.25, 0.3) is 0 Å². The molecule has 11 heteroatoms. The first-order valence-electron chi connectivity index (χ1n) is 18.8. The molecule has 0 saturated carbocycles. The Morgan fingerprint density at radius 2 is 1.31 bits per heavy atom. The van der Waals surface area contributed by atoms with Crippen molar-refractivity contribution >= 4 is 29.3 Å². The summed E-state index contributed by atoms with van der Waals surface area (Å²) in [6.45, 7) is 12.5. The number of rotatable bonds is 21. The van der Waals surface area contributed by atoms with E-state index in [-0.39, 0.29) is 54.6 Å². The fraction of sp³-hybridized carbons (Fsp3) is 0.585. The molecule has 52 heavy (non-hydrogen) atoms. The predicted molar refractivity (Wildman–Crippen MR) is 199 cm³/mol. The first-order valence-corrected chi connectivity index (χ1v) is 18.8. The smallest absolute Gasteiger partial charge is 0.243 e. The number of nitrogens with zero attached hydrogens (tertiary/aromatic N) is 1. The molecule has 2 heterocycles. The Morgan fingerprint density at radius 1 is 0.750 bits per heavy atom. The number of epoxide rings is 1. The van der Waals surface area contributed by atoms with E-state index in [1.54, 1.807) is 6.92 Å². The number of amides is 3. The number of ketones is 2. The normalized spacial score (nSPS) is 19.7. The van der Waals surface area contributed by atoms with Crippen molar-refractivity contribution in [2.45, 2.75) is 96.9 Å². The Kier molecular flexibility index (Phi) is 15.5. The molecule has 3 N–H and O–H groups in total. The first-order chi connectivity index (χ1) is 24.8. The van der Waals surface area contributed by atoms with Gasteiger partial charge in [0.1, 0.15) is 11.6 Å². The number of benzene rings is 2. The van der Waals surface area contributed by atoms with Crippen LogP contribution in [-0.2, 0) is 46.3 Å². The van der Waals surface area contributed by atoms with Gasteiger partial charge in [-0.25, -0.2) is 0 Å². The summed E-state index contributed by atoms with van der Waals surface area (Å²) in [6.07, 6.45) is 1.87. The van der Waals surface area contributed by atoms with E-state index < -0.39 is 35.6 Å². The van der Waals surface area contributed by atoms with Crippen LogP contribution in [0.2, 0.25) is 0 Å². The zero-order valence-electron chi connectivity index (χ0n) is 31.5. The summed E-state index contributed by atoms with van der Waals surface area (Å²) >= 11 is 0. The van der Waals surface area contributed by atoms with Crippen molar-refractivity contribution in [2.75, 3.05) is 39.5 Å². The predicted octanol–water partition coefficient (Wildman–Crippen LogP) is 3.67. The maximum absolute atomic E-state index is 14.2. The summed E-state index contributed by atoms with van der Waals surface area (Å²) in [5.41, 5.74) is 1.01. The van der Waals surface area contributed by atoms with Crippen molar-refractivity contribution in [3.05, 3.63) is 71.8 Å². The van der Waals surface area contributed by atoms with Crippen molar-refractivity contribution in [3.8, 4) is 0 Å². The zero-order valence-corrected chi connectivity index (χ0v) is 31.5. The number of hydrogen-bond acceptors (Lipinski definition) is 8. The third-order valence-corrected chi connectivity index (χ3v) is 9.68. The SMILES string of the molecule is CC(C)C[C@H](NC(=O)[C@H](CCc1ccccc1)NC(=O)CN1CCOCC1)C(=O)C[C@@H](Cc1ccccc1)C(=O)N[C@@H](CC(C)C)C(=O)[C@@]1(C)CO1. The van der Waals surface area contributed by atoms with Crippen LogP contribution in [0.25, 0.3) is 0 Å². The topological polar surface area (TPSA) is 146 Å². The van der Waals surface area contributed by atoms with Gasteiger partial charge in [-0.3, -0.25) is 28.9 Å². The van der Waals surface area contributed by atoms with E-state index in [1.807, 2.05) is 93.3 Å². The van der Waals surface area contributed by atoms with E-state index in [0.717, 1.165) is 11.1 Å². The molecular formula is C41H58N4O7. The second-order valence-electron chi connectivity index (χ2n) is 15.4. The number of aryl methyl sites for hydroxylation is 1. The lowest BCUT2D eigenvalue weighted by Crippen LogP contribution is -2.54. The maximum atomic E-state index is 14.2. The number of Topliss-reactive ketones (excluding diaryl/α,β-unsaturated/α-hetero) is 2. The average Bonchev–Trinajstić information content (AvgIpc) is 3.87. The van der Waals surface area contributed by atoms with E-state index in [4.69, 9.17) is 9.47 Å². The highest BCUT2D eigenvalue weighted by Crippen LogP contribution is 2.30. The van der Waals surface area contributed by atoms with Crippen LogP contribution in [0.4, 0.5) is 0 Å². The molecule has 0 unspecified atom stereocenters. The van der Waals surface area contributed by atoms with E-state index in [2.05, 4.69) is 16.0 Å². The van der Waals surface area contributed by atoms with Gasteiger partial charge in [0.05, 0.1) is 38.4 Å². The maximum Gasteiger partial charge on any atom is 0.243 e. The van der Waals surface area contributed by atoms with Crippen LogP contribution in [0.15, 0.2) is 60.7 Å². The summed E-state index contributed by atoms with van der Waals surface area (Å²) in [5.74, 6) is -2.11. The summed E-state index contributed by atoms with van der Waals surface area (Å²) in [5, 5.41) is 8.89. The number of ether oxygens (including phenoxy) is 2. The van der Waals surface area contributed by atoms with Crippen molar-refractivity contribution in [1.29, 1.82) is 0 Å². The second kappa shape index (κ2) is 19.8. The van der Waals surface area contributed by atoms with Crippen LogP contribution in [-0.4, -0.2) is 97.4 Å². The summed E-state index contributed by atoms with van der Waals surface area (Å²) in [7, 11) is 0. The van der Waals surface area contributed by atoms with Crippen LogP contribution < -0.4 is 16.0 Å². The third-order valence-electron chi connectivity index (χ3n) is 9.68. The van der Waals surface area contributed by atoms with Crippen LogP contribution in [0, 0.1) is 17.8 Å². The number of morpholine rings is 1. The molecular weight excluding hydrogens is 660 g/mol.